The quantitative estimate of drug-likeness (QED) is 0.636. The monoisotopic (exact) mass is 300 g/mol. The second-order valence-electron chi connectivity index (χ2n) is 5.85. The van der Waals surface area contributed by atoms with Gasteiger partial charge >= 0.3 is 0 Å². The second-order valence-corrected chi connectivity index (χ2v) is 6.28. The number of hydrazine groups is 1. The van der Waals surface area contributed by atoms with Crippen LogP contribution in [0.4, 0.5) is 0 Å². The Hall–Kier alpha value is -1.35. The van der Waals surface area contributed by atoms with Crippen molar-refractivity contribution in [3.05, 3.63) is 70.2 Å². The molecule has 2 aromatic carbocycles. The van der Waals surface area contributed by atoms with Gasteiger partial charge in [-0.1, -0.05) is 54.4 Å². The summed E-state index contributed by atoms with van der Waals surface area (Å²) < 4.78 is 0. The van der Waals surface area contributed by atoms with Crippen molar-refractivity contribution in [3.8, 4) is 0 Å². The molecule has 2 aromatic rings. The molecule has 0 saturated heterocycles. The number of benzene rings is 2. The average molecular weight is 301 g/mol. The Morgan fingerprint density at radius 3 is 2.52 bits per heavy atom. The lowest BCUT2D eigenvalue weighted by Gasteiger charge is -2.27. The molecule has 1 aliphatic rings. The van der Waals surface area contributed by atoms with E-state index in [0.717, 1.165) is 17.4 Å². The van der Waals surface area contributed by atoms with Gasteiger partial charge in [-0.25, -0.2) is 0 Å². The van der Waals surface area contributed by atoms with Crippen LogP contribution in [0.25, 0.3) is 0 Å². The molecule has 1 unspecified atom stereocenters. The van der Waals surface area contributed by atoms with Crippen molar-refractivity contribution in [3.63, 3.8) is 0 Å². The number of hydrogen-bond acceptors (Lipinski definition) is 2. The molecule has 2 nitrogen and oxygen atoms in total. The lowest BCUT2D eigenvalue weighted by atomic mass is 9.79. The molecule has 0 radical (unpaired) electrons. The van der Waals surface area contributed by atoms with Crippen LogP contribution in [0.15, 0.2) is 48.5 Å². The van der Waals surface area contributed by atoms with E-state index in [1.165, 1.54) is 36.0 Å². The van der Waals surface area contributed by atoms with Gasteiger partial charge in [0, 0.05) is 11.1 Å². The largest absolute Gasteiger partial charge is 0.271 e. The van der Waals surface area contributed by atoms with Gasteiger partial charge in [0.05, 0.1) is 0 Å². The predicted molar refractivity (Wildman–Crippen MR) is 88.3 cm³/mol. The Balaban J connectivity index is 1.77. The topological polar surface area (TPSA) is 38.0 Å². The minimum Gasteiger partial charge on any atom is -0.271 e. The third kappa shape index (κ3) is 3.46. The van der Waals surface area contributed by atoms with E-state index in [9.17, 15) is 0 Å². The van der Waals surface area contributed by atoms with E-state index < -0.39 is 0 Å². The van der Waals surface area contributed by atoms with Gasteiger partial charge in [0.1, 0.15) is 0 Å². The number of rotatable bonds is 5. The molecule has 3 N–H and O–H groups in total. The SMILES string of the molecule is NNC(Cc1ccc(Cl)cc1)c1cccc(C2CCC2)c1. The molecule has 0 aliphatic heterocycles. The van der Waals surface area contributed by atoms with Crippen molar-refractivity contribution in [2.24, 2.45) is 5.84 Å². The second kappa shape index (κ2) is 6.61. The van der Waals surface area contributed by atoms with E-state index in [-0.39, 0.29) is 6.04 Å². The molecule has 3 heteroatoms. The average Bonchev–Trinajstić information content (AvgIpc) is 2.45. The van der Waals surface area contributed by atoms with E-state index in [1.807, 2.05) is 12.1 Å². The summed E-state index contributed by atoms with van der Waals surface area (Å²) in [5, 5.41) is 0.767. The third-order valence-corrected chi connectivity index (χ3v) is 4.70. The van der Waals surface area contributed by atoms with Crippen LogP contribution in [0.1, 0.15) is 47.9 Å². The summed E-state index contributed by atoms with van der Waals surface area (Å²) >= 11 is 5.94. The maximum Gasteiger partial charge on any atom is 0.0500 e. The number of halogens is 1. The van der Waals surface area contributed by atoms with E-state index in [1.54, 1.807) is 0 Å². The highest BCUT2D eigenvalue weighted by Gasteiger charge is 2.20. The van der Waals surface area contributed by atoms with Gasteiger partial charge in [0.15, 0.2) is 0 Å². The number of hydrogen-bond donors (Lipinski definition) is 2. The van der Waals surface area contributed by atoms with Gasteiger partial charge in [-0.2, -0.15) is 0 Å². The molecular formula is C18H21ClN2. The molecule has 0 aromatic heterocycles. The van der Waals surface area contributed by atoms with Crippen molar-refractivity contribution >= 4 is 11.6 Å². The minimum atomic E-state index is 0.131. The van der Waals surface area contributed by atoms with Gasteiger partial charge in [-0.05, 0) is 54.0 Å². The molecule has 1 saturated carbocycles. The molecule has 0 amide bonds. The normalized spacial score (nSPS) is 16.5. The third-order valence-electron chi connectivity index (χ3n) is 4.44. The van der Waals surface area contributed by atoms with Crippen LogP contribution in [0.5, 0.6) is 0 Å². The first-order chi connectivity index (χ1) is 10.3. The molecule has 3 rings (SSSR count). The fourth-order valence-corrected chi connectivity index (χ4v) is 3.03. The first-order valence-electron chi connectivity index (χ1n) is 7.56. The van der Waals surface area contributed by atoms with Crippen LogP contribution in [0.2, 0.25) is 5.02 Å². The van der Waals surface area contributed by atoms with Crippen molar-refractivity contribution in [1.82, 2.24) is 5.43 Å². The summed E-state index contributed by atoms with van der Waals surface area (Å²) in [5.41, 5.74) is 6.90. The van der Waals surface area contributed by atoms with Crippen LogP contribution in [-0.4, -0.2) is 0 Å². The summed E-state index contributed by atoms with van der Waals surface area (Å²) in [6, 6.07) is 17.0. The van der Waals surface area contributed by atoms with E-state index in [2.05, 4.69) is 41.8 Å². The molecular weight excluding hydrogens is 280 g/mol. The van der Waals surface area contributed by atoms with Crippen LogP contribution < -0.4 is 11.3 Å². The van der Waals surface area contributed by atoms with Gasteiger partial charge in [-0.15, -0.1) is 0 Å². The zero-order valence-electron chi connectivity index (χ0n) is 12.1. The Bertz CT molecular complexity index is 590. The number of nitrogens with one attached hydrogen (secondary N) is 1. The van der Waals surface area contributed by atoms with Gasteiger partial charge in [0.25, 0.3) is 0 Å². The molecule has 0 heterocycles. The fraction of sp³-hybridized carbons (Fsp3) is 0.333. The van der Waals surface area contributed by atoms with Crippen LogP contribution >= 0.6 is 11.6 Å². The molecule has 1 fully saturated rings. The Kier molecular flexibility index (Phi) is 4.59. The molecule has 0 bridgehead atoms. The van der Waals surface area contributed by atoms with Crippen molar-refractivity contribution in [2.75, 3.05) is 0 Å². The maximum absolute atomic E-state index is 5.94. The Morgan fingerprint density at radius 1 is 1.14 bits per heavy atom. The van der Waals surface area contributed by atoms with Crippen molar-refractivity contribution < 1.29 is 0 Å². The molecule has 110 valence electrons. The summed E-state index contributed by atoms with van der Waals surface area (Å²) in [7, 11) is 0. The highest BCUT2D eigenvalue weighted by Crippen LogP contribution is 2.37. The lowest BCUT2D eigenvalue weighted by Crippen LogP contribution is -2.29. The van der Waals surface area contributed by atoms with Crippen molar-refractivity contribution in [2.45, 2.75) is 37.6 Å². The van der Waals surface area contributed by atoms with E-state index in [0.29, 0.717) is 0 Å². The molecule has 1 aliphatic carbocycles. The smallest absolute Gasteiger partial charge is 0.0500 e. The van der Waals surface area contributed by atoms with Crippen LogP contribution in [0, 0.1) is 0 Å². The summed E-state index contributed by atoms with van der Waals surface area (Å²) in [4.78, 5) is 0. The van der Waals surface area contributed by atoms with Gasteiger partial charge in [-0.3, -0.25) is 11.3 Å². The van der Waals surface area contributed by atoms with Gasteiger partial charge in [0.2, 0.25) is 0 Å². The zero-order valence-corrected chi connectivity index (χ0v) is 12.8. The summed E-state index contributed by atoms with van der Waals surface area (Å²) in [6.45, 7) is 0. The first-order valence-corrected chi connectivity index (χ1v) is 7.94. The van der Waals surface area contributed by atoms with Crippen LogP contribution in [0.3, 0.4) is 0 Å². The lowest BCUT2D eigenvalue weighted by molar-refractivity contribution is 0.419. The van der Waals surface area contributed by atoms with Gasteiger partial charge < -0.3 is 0 Å². The highest BCUT2D eigenvalue weighted by molar-refractivity contribution is 6.30. The Labute approximate surface area is 131 Å². The van der Waals surface area contributed by atoms with Crippen molar-refractivity contribution in [1.29, 1.82) is 0 Å². The minimum absolute atomic E-state index is 0.131. The Morgan fingerprint density at radius 2 is 1.90 bits per heavy atom. The summed E-state index contributed by atoms with van der Waals surface area (Å²) in [6.07, 6.45) is 4.86. The van der Waals surface area contributed by atoms with Crippen LogP contribution in [-0.2, 0) is 6.42 Å². The van der Waals surface area contributed by atoms with E-state index >= 15 is 0 Å². The molecule has 21 heavy (non-hydrogen) atoms. The number of nitrogens with two attached hydrogens (primary N) is 1. The predicted octanol–water partition coefficient (Wildman–Crippen LogP) is 4.35. The first kappa shape index (κ1) is 14.6. The molecule has 0 spiro atoms. The highest BCUT2D eigenvalue weighted by atomic mass is 35.5. The molecule has 1 atom stereocenters. The zero-order chi connectivity index (χ0) is 14.7. The summed E-state index contributed by atoms with van der Waals surface area (Å²) in [5.74, 6) is 6.53. The maximum atomic E-state index is 5.94. The standard InChI is InChI=1S/C18H21ClN2/c19-17-9-7-13(8-10-17)11-18(21-20)16-6-2-5-15(12-16)14-3-1-4-14/h2,5-10,12,14,18,21H,1,3-4,11,20H2. The van der Waals surface area contributed by atoms with E-state index in [4.69, 9.17) is 17.4 Å². The fourth-order valence-electron chi connectivity index (χ4n) is 2.90.